The molecule has 5 heteroatoms. The van der Waals surface area contributed by atoms with Crippen LogP contribution in [0.5, 0.6) is 5.75 Å². The van der Waals surface area contributed by atoms with Gasteiger partial charge in [0.25, 0.3) is 0 Å². The van der Waals surface area contributed by atoms with Gasteiger partial charge < -0.3 is 4.74 Å². The molecule has 0 radical (unpaired) electrons. The Hall–Kier alpha value is -2.04. The Kier molecular flexibility index (Phi) is 16.0. The van der Waals surface area contributed by atoms with E-state index in [1.807, 2.05) is 12.4 Å². The second-order valence-corrected chi connectivity index (χ2v) is 10.1. The lowest BCUT2D eigenvalue weighted by atomic mass is 10.1. The number of hydrogen-bond donors (Lipinski definition) is 0. The van der Waals surface area contributed by atoms with Crippen LogP contribution in [0, 0.1) is 5.82 Å². The Morgan fingerprint density at radius 1 is 0.750 bits per heavy atom. The summed E-state index contributed by atoms with van der Waals surface area (Å²) in [4.78, 5) is 8.88. The van der Waals surface area contributed by atoms with Gasteiger partial charge in [-0.3, -0.25) is 0 Å². The molecule has 0 amide bonds. The van der Waals surface area contributed by atoms with Crippen LogP contribution in [0.25, 0.3) is 11.4 Å². The third-order valence-corrected chi connectivity index (χ3v) is 6.77. The van der Waals surface area contributed by atoms with Crippen LogP contribution in [0.4, 0.5) is 8.78 Å². The minimum atomic E-state index is -0.892. The van der Waals surface area contributed by atoms with Crippen molar-refractivity contribution in [2.24, 2.45) is 0 Å². The molecule has 1 aromatic heterocycles. The van der Waals surface area contributed by atoms with Gasteiger partial charge in [0.1, 0.15) is 6.17 Å². The van der Waals surface area contributed by atoms with E-state index in [0.29, 0.717) is 24.2 Å². The van der Waals surface area contributed by atoms with Crippen molar-refractivity contribution in [2.45, 2.75) is 129 Å². The van der Waals surface area contributed by atoms with Crippen molar-refractivity contribution in [3.8, 4) is 17.1 Å². The maximum absolute atomic E-state index is 14.6. The summed E-state index contributed by atoms with van der Waals surface area (Å²) in [7, 11) is 0. The molecular formula is C31H48F2N2O. The third kappa shape index (κ3) is 12.8. The van der Waals surface area contributed by atoms with Crippen LogP contribution < -0.4 is 4.74 Å². The highest BCUT2D eigenvalue weighted by Crippen LogP contribution is 2.24. The van der Waals surface area contributed by atoms with Gasteiger partial charge in [-0.2, -0.15) is 0 Å². The number of aryl methyl sites for hydroxylation is 1. The van der Waals surface area contributed by atoms with Crippen LogP contribution in [0.3, 0.4) is 0 Å². The lowest BCUT2D eigenvalue weighted by Gasteiger charge is -2.11. The average Bonchev–Trinajstić information content (AvgIpc) is 2.89. The van der Waals surface area contributed by atoms with E-state index < -0.39 is 12.0 Å². The second-order valence-electron chi connectivity index (χ2n) is 10.1. The van der Waals surface area contributed by atoms with Crippen LogP contribution in [0.1, 0.15) is 122 Å². The van der Waals surface area contributed by atoms with E-state index in [1.165, 1.54) is 76.7 Å². The Labute approximate surface area is 218 Å². The van der Waals surface area contributed by atoms with E-state index in [4.69, 9.17) is 4.74 Å². The van der Waals surface area contributed by atoms with E-state index in [0.717, 1.165) is 31.2 Å². The molecule has 1 unspecified atom stereocenters. The van der Waals surface area contributed by atoms with Crippen LogP contribution in [-0.2, 0) is 6.42 Å². The monoisotopic (exact) mass is 502 g/mol. The molecule has 0 fully saturated rings. The van der Waals surface area contributed by atoms with Crippen LogP contribution in [0.15, 0.2) is 30.6 Å². The lowest BCUT2D eigenvalue weighted by molar-refractivity contribution is 0.217. The highest BCUT2D eigenvalue weighted by atomic mass is 19.1. The molecule has 0 saturated heterocycles. The van der Waals surface area contributed by atoms with Crippen molar-refractivity contribution in [3.05, 3.63) is 42.0 Å². The number of nitrogens with zero attached hydrogens (tertiary/aromatic N) is 2. The number of rotatable bonds is 21. The quantitative estimate of drug-likeness (QED) is 0.159. The van der Waals surface area contributed by atoms with Crippen LogP contribution in [-0.4, -0.2) is 22.7 Å². The molecule has 3 nitrogen and oxygen atoms in total. The van der Waals surface area contributed by atoms with Crippen molar-refractivity contribution < 1.29 is 13.5 Å². The van der Waals surface area contributed by atoms with Gasteiger partial charge in [-0.15, -0.1) is 0 Å². The number of benzene rings is 1. The minimum Gasteiger partial charge on any atom is -0.490 e. The first-order valence-corrected chi connectivity index (χ1v) is 14.5. The van der Waals surface area contributed by atoms with Gasteiger partial charge in [0.05, 0.1) is 6.61 Å². The smallest absolute Gasteiger partial charge is 0.165 e. The molecule has 2 aromatic rings. The Bertz CT molecular complexity index is 813. The molecule has 1 atom stereocenters. The van der Waals surface area contributed by atoms with E-state index in [-0.39, 0.29) is 12.4 Å². The lowest BCUT2D eigenvalue weighted by Crippen LogP contribution is -2.08. The summed E-state index contributed by atoms with van der Waals surface area (Å²) >= 11 is 0. The molecule has 1 aromatic carbocycles. The Morgan fingerprint density at radius 3 is 1.94 bits per heavy atom. The van der Waals surface area contributed by atoms with Crippen molar-refractivity contribution in [1.29, 1.82) is 0 Å². The summed E-state index contributed by atoms with van der Waals surface area (Å²) in [5, 5.41) is 0. The number of alkyl halides is 1. The molecule has 36 heavy (non-hydrogen) atoms. The zero-order valence-electron chi connectivity index (χ0n) is 22.8. The molecule has 202 valence electrons. The van der Waals surface area contributed by atoms with Crippen molar-refractivity contribution in [3.63, 3.8) is 0 Å². The molecule has 1 heterocycles. The van der Waals surface area contributed by atoms with Gasteiger partial charge in [0.15, 0.2) is 17.4 Å². The highest BCUT2D eigenvalue weighted by Gasteiger charge is 2.11. The molecule has 0 bridgehead atoms. The molecule has 0 aliphatic carbocycles. The van der Waals surface area contributed by atoms with Crippen LogP contribution >= 0.6 is 0 Å². The van der Waals surface area contributed by atoms with Gasteiger partial charge in [-0.1, -0.05) is 97.3 Å². The SMILES string of the molecule is CCCCCCCCCCc1cnc(-c2ccc(OCCC(F)CCCCCCCC)c(F)c2)nc1. The van der Waals surface area contributed by atoms with Gasteiger partial charge in [-0.05, 0) is 43.0 Å². The van der Waals surface area contributed by atoms with Gasteiger partial charge in [0, 0.05) is 24.4 Å². The summed E-state index contributed by atoms with van der Waals surface area (Å²) in [5.41, 5.74) is 1.73. The zero-order valence-corrected chi connectivity index (χ0v) is 22.8. The number of ether oxygens (including phenoxy) is 1. The highest BCUT2D eigenvalue weighted by molar-refractivity contribution is 5.56. The van der Waals surface area contributed by atoms with E-state index in [1.54, 1.807) is 12.1 Å². The summed E-state index contributed by atoms with van der Waals surface area (Å²) < 4.78 is 34.1. The maximum atomic E-state index is 14.6. The molecule has 0 spiro atoms. The summed E-state index contributed by atoms with van der Waals surface area (Å²) in [6.45, 7) is 4.62. The van der Waals surface area contributed by atoms with Crippen LogP contribution in [0.2, 0.25) is 0 Å². The minimum absolute atomic E-state index is 0.150. The summed E-state index contributed by atoms with van der Waals surface area (Å²) in [6, 6.07) is 4.74. The molecule has 0 aliphatic heterocycles. The second kappa shape index (κ2) is 19.1. The van der Waals surface area contributed by atoms with Crippen molar-refractivity contribution in [1.82, 2.24) is 9.97 Å². The van der Waals surface area contributed by atoms with E-state index in [2.05, 4.69) is 23.8 Å². The molecule has 0 N–H and O–H groups in total. The Balaban J connectivity index is 1.67. The molecule has 0 aliphatic rings. The van der Waals surface area contributed by atoms with Gasteiger partial charge in [0.2, 0.25) is 0 Å². The predicted octanol–water partition coefficient (Wildman–Crippen LogP) is 9.82. The summed E-state index contributed by atoms with van der Waals surface area (Å²) in [5.74, 6) is 0.185. The van der Waals surface area contributed by atoms with Gasteiger partial charge in [-0.25, -0.2) is 18.7 Å². The fourth-order valence-corrected chi connectivity index (χ4v) is 4.44. The normalized spacial score (nSPS) is 12.1. The first-order chi connectivity index (χ1) is 17.6. The first kappa shape index (κ1) is 30.2. The number of hydrogen-bond acceptors (Lipinski definition) is 3. The molecule has 0 saturated carbocycles. The zero-order chi connectivity index (χ0) is 25.8. The first-order valence-electron chi connectivity index (χ1n) is 14.5. The number of aromatic nitrogens is 2. The standard InChI is InChI=1S/C31H48F2N2O/c1-3-5-7-9-11-12-13-15-17-26-24-34-31(35-25-26)27-19-20-30(29(33)23-27)36-22-21-28(32)18-16-14-10-8-6-4-2/h19-20,23-25,28H,3-18,21-22H2,1-2H3. The summed E-state index contributed by atoms with van der Waals surface area (Å²) in [6.07, 6.45) is 21.9. The van der Waals surface area contributed by atoms with Gasteiger partial charge >= 0.3 is 0 Å². The van der Waals surface area contributed by atoms with E-state index >= 15 is 0 Å². The third-order valence-electron chi connectivity index (χ3n) is 6.77. The average molecular weight is 503 g/mol. The largest absolute Gasteiger partial charge is 0.490 e. The van der Waals surface area contributed by atoms with E-state index in [9.17, 15) is 8.78 Å². The number of unbranched alkanes of at least 4 members (excludes halogenated alkanes) is 12. The number of halogens is 2. The topological polar surface area (TPSA) is 35.0 Å². The molecule has 2 rings (SSSR count). The molecular weight excluding hydrogens is 454 g/mol. The van der Waals surface area contributed by atoms with Crippen molar-refractivity contribution >= 4 is 0 Å². The van der Waals surface area contributed by atoms with Crippen molar-refractivity contribution in [2.75, 3.05) is 6.61 Å². The fraction of sp³-hybridized carbons (Fsp3) is 0.677. The fourth-order valence-electron chi connectivity index (χ4n) is 4.44. The predicted molar refractivity (Wildman–Crippen MR) is 147 cm³/mol. The Morgan fingerprint density at radius 2 is 1.33 bits per heavy atom. The maximum Gasteiger partial charge on any atom is 0.165 e.